The van der Waals surface area contributed by atoms with Crippen molar-refractivity contribution in [3.05, 3.63) is 0 Å². The summed E-state index contributed by atoms with van der Waals surface area (Å²) < 4.78 is 0. The normalized spacial score (nSPS) is 14.5. The van der Waals surface area contributed by atoms with E-state index in [1.807, 2.05) is 0 Å². The maximum atomic E-state index is 8.48. The van der Waals surface area contributed by atoms with Gasteiger partial charge in [0.15, 0.2) is 0 Å². The Morgan fingerprint density at radius 2 is 2.50 bits per heavy atom. The number of rotatable bonds is 2. The highest BCUT2D eigenvalue weighted by molar-refractivity contribution is 7.13. The van der Waals surface area contributed by atoms with Gasteiger partial charge in [0.1, 0.15) is 0 Å². The van der Waals surface area contributed by atoms with Gasteiger partial charge >= 0.3 is 0 Å². The molecular formula is C3H10NOP. The Morgan fingerprint density at radius 1 is 2.00 bits per heavy atom. The van der Waals surface area contributed by atoms with Gasteiger partial charge in [0, 0.05) is 6.54 Å². The van der Waals surface area contributed by atoms with Crippen LogP contribution >= 0.6 is 9.39 Å². The second kappa shape index (κ2) is 3.54. The van der Waals surface area contributed by atoms with E-state index in [1.54, 1.807) is 6.92 Å². The summed E-state index contributed by atoms with van der Waals surface area (Å²) in [5.41, 5.74) is 0. The Labute approximate surface area is 40.2 Å². The molecule has 0 aromatic carbocycles. The summed E-state index contributed by atoms with van der Waals surface area (Å²) in [7, 11) is 2.31. The first-order valence-corrected chi connectivity index (χ1v) is 2.46. The highest BCUT2D eigenvalue weighted by Gasteiger charge is 1.86. The lowest BCUT2D eigenvalue weighted by Crippen LogP contribution is -2.14. The van der Waals surface area contributed by atoms with Crippen molar-refractivity contribution in [2.24, 2.45) is 0 Å². The molecule has 2 nitrogen and oxygen atoms in total. The van der Waals surface area contributed by atoms with Gasteiger partial charge in [-0.1, -0.05) is 9.39 Å². The first kappa shape index (κ1) is 6.35. The molecule has 0 aliphatic carbocycles. The van der Waals surface area contributed by atoms with Crippen molar-refractivity contribution in [3.63, 3.8) is 0 Å². The topological polar surface area (TPSA) is 32.3 Å². The first-order valence-electron chi connectivity index (χ1n) is 1.89. The fraction of sp³-hybridized carbons (Fsp3) is 1.00. The molecule has 6 heavy (non-hydrogen) atoms. The molecule has 2 unspecified atom stereocenters. The predicted molar refractivity (Wildman–Crippen MR) is 29.4 cm³/mol. The minimum absolute atomic E-state index is 0.234. The molecule has 2 N–H and O–H groups in total. The summed E-state index contributed by atoms with van der Waals surface area (Å²) in [6, 6.07) is 0. The van der Waals surface area contributed by atoms with E-state index in [9.17, 15) is 0 Å². The third kappa shape index (κ3) is 4.35. The van der Waals surface area contributed by atoms with E-state index in [2.05, 4.69) is 14.5 Å². The van der Waals surface area contributed by atoms with Crippen molar-refractivity contribution in [2.45, 2.75) is 13.0 Å². The van der Waals surface area contributed by atoms with Gasteiger partial charge in [-0.2, -0.15) is 0 Å². The zero-order valence-electron chi connectivity index (χ0n) is 3.81. The molecular weight excluding hydrogens is 97.0 g/mol. The lowest BCUT2D eigenvalue weighted by atomic mass is 10.4. The predicted octanol–water partition coefficient (Wildman–Crippen LogP) is -0.253. The van der Waals surface area contributed by atoms with Crippen LogP contribution in [0, 0.1) is 0 Å². The standard InChI is InChI=1S/C3H10NOP/c1-3(5)2-4-6/h3-5H,2,6H2,1H3. The number of aliphatic hydroxyl groups is 1. The van der Waals surface area contributed by atoms with Crippen molar-refractivity contribution in [2.75, 3.05) is 6.54 Å². The van der Waals surface area contributed by atoms with E-state index >= 15 is 0 Å². The van der Waals surface area contributed by atoms with Gasteiger partial charge in [-0.3, -0.25) is 5.09 Å². The lowest BCUT2D eigenvalue weighted by Gasteiger charge is -1.97. The Hall–Kier alpha value is 0.350. The number of aliphatic hydroxyl groups excluding tert-OH is 1. The number of hydrogen-bond acceptors (Lipinski definition) is 2. The molecule has 0 heterocycles. The molecule has 0 saturated heterocycles. The molecule has 0 saturated carbocycles. The van der Waals surface area contributed by atoms with E-state index < -0.39 is 0 Å². The first-order chi connectivity index (χ1) is 2.77. The highest BCUT2D eigenvalue weighted by atomic mass is 31.0. The van der Waals surface area contributed by atoms with Crippen LogP contribution in [0.4, 0.5) is 0 Å². The zero-order valence-corrected chi connectivity index (χ0v) is 4.96. The van der Waals surface area contributed by atoms with Gasteiger partial charge in [-0.25, -0.2) is 0 Å². The second-order valence-corrected chi connectivity index (χ2v) is 1.67. The third-order valence-corrected chi connectivity index (χ3v) is 0.649. The minimum Gasteiger partial charge on any atom is -0.392 e. The minimum atomic E-state index is -0.234. The lowest BCUT2D eigenvalue weighted by molar-refractivity contribution is 0.199. The Kier molecular flexibility index (Phi) is 3.74. The molecule has 3 heteroatoms. The third-order valence-electron chi connectivity index (χ3n) is 0.413. The SMILES string of the molecule is CC(O)CNP. The van der Waals surface area contributed by atoms with Crippen LogP contribution in [-0.2, 0) is 0 Å². The zero-order chi connectivity index (χ0) is 4.99. The summed E-state index contributed by atoms with van der Waals surface area (Å²) >= 11 is 0. The maximum absolute atomic E-state index is 8.48. The van der Waals surface area contributed by atoms with Gasteiger partial charge in [0.25, 0.3) is 0 Å². The summed E-state index contributed by atoms with van der Waals surface area (Å²) in [6.07, 6.45) is -0.234. The molecule has 0 aromatic heterocycles. The maximum Gasteiger partial charge on any atom is 0.0639 e. The smallest absolute Gasteiger partial charge is 0.0639 e. The van der Waals surface area contributed by atoms with Gasteiger partial charge in [-0.05, 0) is 6.92 Å². The Morgan fingerprint density at radius 3 is 2.50 bits per heavy atom. The van der Waals surface area contributed by atoms with Crippen molar-refractivity contribution in [3.8, 4) is 0 Å². The molecule has 0 amide bonds. The largest absolute Gasteiger partial charge is 0.392 e. The average Bonchev–Trinajstić information content (AvgIpc) is 1.35. The molecule has 0 aromatic rings. The van der Waals surface area contributed by atoms with Gasteiger partial charge in [0.2, 0.25) is 0 Å². The van der Waals surface area contributed by atoms with E-state index in [0.717, 1.165) is 0 Å². The fourth-order valence-corrected chi connectivity index (χ4v) is 0.512. The van der Waals surface area contributed by atoms with Crippen molar-refractivity contribution in [1.82, 2.24) is 5.09 Å². The van der Waals surface area contributed by atoms with Crippen LogP contribution in [0.25, 0.3) is 0 Å². The quantitative estimate of drug-likeness (QED) is 0.477. The molecule has 0 rings (SSSR count). The summed E-state index contributed by atoms with van der Waals surface area (Å²) in [5, 5.41) is 11.2. The molecule has 0 fully saturated rings. The molecule has 0 aliphatic rings. The van der Waals surface area contributed by atoms with Crippen LogP contribution < -0.4 is 5.09 Å². The van der Waals surface area contributed by atoms with Gasteiger partial charge < -0.3 is 5.11 Å². The number of hydrogen-bond donors (Lipinski definition) is 2. The van der Waals surface area contributed by atoms with Crippen molar-refractivity contribution >= 4 is 9.39 Å². The summed E-state index contributed by atoms with van der Waals surface area (Å²) in [6.45, 7) is 2.38. The van der Waals surface area contributed by atoms with Crippen molar-refractivity contribution < 1.29 is 5.11 Å². The van der Waals surface area contributed by atoms with Crippen LogP contribution in [0.3, 0.4) is 0 Å². The molecule has 38 valence electrons. The van der Waals surface area contributed by atoms with Crippen LogP contribution in [0.1, 0.15) is 6.92 Å². The van der Waals surface area contributed by atoms with E-state index in [4.69, 9.17) is 5.11 Å². The van der Waals surface area contributed by atoms with Crippen LogP contribution in [0.2, 0.25) is 0 Å². The van der Waals surface area contributed by atoms with Crippen LogP contribution in [-0.4, -0.2) is 17.8 Å². The fourth-order valence-electron chi connectivity index (χ4n) is 0.171. The van der Waals surface area contributed by atoms with E-state index in [1.165, 1.54) is 0 Å². The molecule has 0 aliphatic heterocycles. The average molecular weight is 107 g/mol. The van der Waals surface area contributed by atoms with Gasteiger partial charge in [0.05, 0.1) is 6.10 Å². The summed E-state index contributed by atoms with van der Waals surface area (Å²) in [4.78, 5) is 0. The highest BCUT2D eigenvalue weighted by Crippen LogP contribution is 1.75. The monoisotopic (exact) mass is 107 g/mol. The summed E-state index contributed by atoms with van der Waals surface area (Å²) in [5.74, 6) is 0. The number of nitrogens with one attached hydrogen (secondary N) is 1. The Balaban J connectivity index is 2.63. The molecule has 2 atom stereocenters. The Bertz CT molecular complexity index is 32.0. The molecule has 0 bridgehead atoms. The second-order valence-electron chi connectivity index (χ2n) is 1.26. The van der Waals surface area contributed by atoms with Gasteiger partial charge in [-0.15, -0.1) is 0 Å². The van der Waals surface area contributed by atoms with Crippen LogP contribution in [0.5, 0.6) is 0 Å². The molecule has 0 spiro atoms. The van der Waals surface area contributed by atoms with E-state index in [0.29, 0.717) is 6.54 Å². The van der Waals surface area contributed by atoms with Crippen LogP contribution in [0.15, 0.2) is 0 Å². The van der Waals surface area contributed by atoms with E-state index in [-0.39, 0.29) is 6.10 Å². The molecule has 0 radical (unpaired) electrons. The van der Waals surface area contributed by atoms with Crippen molar-refractivity contribution in [1.29, 1.82) is 0 Å².